The summed E-state index contributed by atoms with van der Waals surface area (Å²) in [5, 5.41) is 8.68. The van der Waals surface area contributed by atoms with E-state index < -0.39 is 0 Å². The van der Waals surface area contributed by atoms with Crippen LogP contribution in [0.4, 0.5) is 5.82 Å². The molecular weight excluding hydrogens is 212 g/mol. The molecule has 0 aliphatic carbocycles. The summed E-state index contributed by atoms with van der Waals surface area (Å²) in [6, 6.07) is 1.98. The maximum Gasteiger partial charge on any atom is 0.158 e. The van der Waals surface area contributed by atoms with E-state index in [1.807, 2.05) is 6.07 Å². The molecule has 0 saturated carbocycles. The summed E-state index contributed by atoms with van der Waals surface area (Å²) in [4.78, 5) is 10.6. The number of rotatable bonds is 6. The van der Waals surface area contributed by atoms with Gasteiger partial charge in [-0.2, -0.15) is 5.26 Å². The molecule has 4 nitrogen and oxygen atoms in total. The molecule has 0 radical (unpaired) electrons. The minimum atomic E-state index is 0.368. The maximum atomic E-state index is 8.68. The van der Waals surface area contributed by atoms with E-state index in [-0.39, 0.29) is 0 Å². The van der Waals surface area contributed by atoms with Crippen LogP contribution in [0.3, 0.4) is 0 Å². The molecule has 17 heavy (non-hydrogen) atoms. The Kier molecular flexibility index (Phi) is 5.41. The minimum absolute atomic E-state index is 0.368. The van der Waals surface area contributed by atoms with Crippen molar-refractivity contribution in [2.75, 3.05) is 18.0 Å². The third kappa shape index (κ3) is 3.70. The zero-order valence-electron chi connectivity index (χ0n) is 10.8. The highest BCUT2D eigenvalue weighted by Gasteiger charge is 2.11. The van der Waals surface area contributed by atoms with E-state index >= 15 is 0 Å². The van der Waals surface area contributed by atoms with Gasteiger partial charge in [0.05, 0.1) is 12.4 Å². The average Bonchev–Trinajstić information content (AvgIpc) is 2.40. The Bertz CT molecular complexity index is 362. The summed E-state index contributed by atoms with van der Waals surface area (Å²) in [6.45, 7) is 8.46. The molecule has 0 spiro atoms. The predicted molar refractivity (Wildman–Crippen MR) is 68.7 cm³/mol. The van der Waals surface area contributed by atoms with Gasteiger partial charge in [-0.15, -0.1) is 0 Å². The Labute approximate surface area is 103 Å². The van der Waals surface area contributed by atoms with Gasteiger partial charge in [-0.1, -0.05) is 26.7 Å². The van der Waals surface area contributed by atoms with E-state index in [9.17, 15) is 0 Å². The molecule has 0 bridgehead atoms. The van der Waals surface area contributed by atoms with Gasteiger partial charge in [-0.05, 0) is 12.8 Å². The topological polar surface area (TPSA) is 52.8 Å². The molecule has 1 rings (SSSR count). The van der Waals surface area contributed by atoms with Gasteiger partial charge in [0.15, 0.2) is 5.69 Å². The fourth-order valence-corrected chi connectivity index (χ4v) is 1.79. The number of aromatic nitrogens is 2. The number of hydrogen-bond acceptors (Lipinski definition) is 4. The van der Waals surface area contributed by atoms with Crippen LogP contribution in [0.2, 0.25) is 0 Å². The lowest BCUT2D eigenvalue weighted by Crippen LogP contribution is -2.29. The zero-order chi connectivity index (χ0) is 12.7. The summed E-state index contributed by atoms with van der Waals surface area (Å²) in [7, 11) is 0. The number of anilines is 1. The van der Waals surface area contributed by atoms with Crippen LogP contribution in [-0.4, -0.2) is 23.1 Å². The van der Waals surface area contributed by atoms with E-state index in [2.05, 4.69) is 35.6 Å². The summed E-state index contributed by atoms with van der Waals surface area (Å²) >= 11 is 0. The molecule has 0 aromatic carbocycles. The van der Waals surface area contributed by atoms with Crippen molar-refractivity contribution in [1.29, 1.82) is 5.26 Å². The second-order valence-corrected chi connectivity index (χ2v) is 4.09. The predicted octanol–water partition coefficient (Wildman–Crippen LogP) is 2.61. The van der Waals surface area contributed by atoms with Crippen molar-refractivity contribution >= 4 is 5.82 Å². The Hall–Kier alpha value is -1.63. The highest BCUT2D eigenvalue weighted by Crippen LogP contribution is 2.15. The van der Waals surface area contributed by atoms with Gasteiger partial charge in [-0.25, -0.2) is 9.97 Å². The summed E-state index contributed by atoms with van der Waals surface area (Å²) < 4.78 is 0. The van der Waals surface area contributed by atoms with E-state index in [4.69, 9.17) is 5.26 Å². The lowest BCUT2D eigenvalue weighted by molar-refractivity contribution is 0.484. The van der Waals surface area contributed by atoms with Crippen LogP contribution in [0.5, 0.6) is 0 Å². The lowest BCUT2D eigenvalue weighted by atomic mass is 10.0. The fourth-order valence-electron chi connectivity index (χ4n) is 1.79. The third-order valence-corrected chi connectivity index (χ3v) is 3.09. The molecular formula is C13H20N4. The van der Waals surface area contributed by atoms with Crippen molar-refractivity contribution in [2.45, 2.75) is 33.6 Å². The second kappa shape index (κ2) is 6.85. The van der Waals surface area contributed by atoms with Crippen molar-refractivity contribution < 1.29 is 0 Å². The zero-order valence-corrected chi connectivity index (χ0v) is 10.8. The van der Waals surface area contributed by atoms with Crippen molar-refractivity contribution in [1.82, 2.24) is 9.97 Å². The van der Waals surface area contributed by atoms with Gasteiger partial charge in [0.2, 0.25) is 0 Å². The number of nitrogens with zero attached hydrogens (tertiary/aromatic N) is 4. The molecule has 0 amide bonds. The van der Waals surface area contributed by atoms with Crippen LogP contribution in [0.15, 0.2) is 12.4 Å². The molecule has 0 fully saturated rings. The van der Waals surface area contributed by atoms with Crippen molar-refractivity contribution in [3.8, 4) is 6.07 Å². The number of hydrogen-bond donors (Lipinski definition) is 0. The van der Waals surface area contributed by atoms with E-state index in [0.29, 0.717) is 11.6 Å². The highest BCUT2D eigenvalue weighted by molar-refractivity contribution is 5.37. The first kappa shape index (κ1) is 13.4. The Balaban J connectivity index is 2.75. The monoisotopic (exact) mass is 232 g/mol. The first-order valence-corrected chi connectivity index (χ1v) is 6.22. The van der Waals surface area contributed by atoms with E-state index in [0.717, 1.165) is 18.9 Å². The molecule has 0 atom stereocenters. The van der Waals surface area contributed by atoms with Gasteiger partial charge in [0, 0.05) is 13.1 Å². The molecule has 0 N–H and O–H groups in total. The normalized spacial score (nSPS) is 10.3. The largest absolute Gasteiger partial charge is 0.355 e. The fraction of sp³-hybridized carbons (Fsp3) is 0.615. The van der Waals surface area contributed by atoms with Crippen molar-refractivity contribution in [3.63, 3.8) is 0 Å². The van der Waals surface area contributed by atoms with Crippen LogP contribution in [0.25, 0.3) is 0 Å². The van der Waals surface area contributed by atoms with Crippen molar-refractivity contribution in [3.05, 3.63) is 18.1 Å². The first-order valence-electron chi connectivity index (χ1n) is 6.22. The van der Waals surface area contributed by atoms with Gasteiger partial charge < -0.3 is 4.90 Å². The summed E-state index contributed by atoms with van der Waals surface area (Å²) in [5.74, 6) is 1.55. The smallest absolute Gasteiger partial charge is 0.158 e. The second-order valence-electron chi connectivity index (χ2n) is 4.09. The van der Waals surface area contributed by atoms with Crippen LogP contribution in [-0.2, 0) is 0 Å². The molecule has 92 valence electrons. The Morgan fingerprint density at radius 2 is 1.94 bits per heavy atom. The van der Waals surface area contributed by atoms with Crippen LogP contribution in [0.1, 0.15) is 39.3 Å². The van der Waals surface area contributed by atoms with E-state index in [1.54, 1.807) is 6.20 Å². The SMILES string of the molecule is CCC(CC)CN(CC)c1cnc(C#N)cn1. The van der Waals surface area contributed by atoms with Gasteiger partial charge in [0.25, 0.3) is 0 Å². The summed E-state index contributed by atoms with van der Waals surface area (Å²) in [5.41, 5.74) is 0.368. The molecule has 0 aliphatic heterocycles. The molecule has 1 aromatic heterocycles. The van der Waals surface area contributed by atoms with Gasteiger partial charge in [0.1, 0.15) is 11.9 Å². The minimum Gasteiger partial charge on any atom is -0.355 e. The molecule has 4 heteroatoms. The highest BCUT2D eigenvalue weighted by atomic mass is 15.2. The van der Waals surface area contributed by atoms with Gasteiger partial charge >= 0.3 is 0 Å². The maximum absolute atomic E-state index is 8.68. The molecule has 1 aromatic rings. The molecule has 1 heterocycles. The first-order chi connectivity index (χ1) is 8.24. The summed E-state index contributed by atoms with van der Waals surface area (Å²) in [6.07, 6.45) is 5.57. The molecule has 0 unspecified atom stereocenters. The van der Waals surface area contributed by atoms with Crippen LogP contribution in [0, 0.1) is 17.2 Å². The molecule has 0 aliphatic rings. The Morgan fingerprint density at radius 3 is 2.35 bits per heavy atom. The number of nitriles is 1. The lowest BCUT2D eigenvalue weighted by Gasteiger charge is -2.25. The van der Waals surface area contributed by atoms with Crippen LogP contribution < -0.4 is 4.90 Å². The van der Waals surface area contributed by atoms with Gasteiger partial charge in [-0.3, -0.25) is 0 Å². The van der Waals surface area contributed by atoms with Crippen molar-refractivity contribution in [2.24, 2.45) is 5.92 Å². The van der Waals surface area contributed by atoms with E-state index in [1.165, 1.54) is 19.0 Å². The molecule has 0 saturated heterocycles. The third-order valence-electron chi connectivity index (χ3n) is 3.09. The van der Waals surface area contributed by atoms with Crippen LogP contribution >= 0.6 is 0 Å². The average molecular weight is 232 g/mol. The standard InChI is InChI=1S/C13H20N4/c1-4-11(5-2)10-17(6-3)13-9-15-12(7-14)8-16-13/h8-9,11H,4-6,10H2,1-3H3. The Morgan fingerprint density at radius 1 is 1.24 bits per heavy atom. The quantitative estimate of drug-likeness (QED) is 0.756.